The number of alkyl halides is 1. The number of rotatable bonds is 3. The van der Waals surface area contributed by atoms with Gasteiger partial charge in [0.2, 0.25) is 0 Å². The highest BCUT2D eigenvalue weighted by Crippen LogP contribution is 2.43. The van der Waals surface area contributed by atoms with Gasteiger partial charge in [-0.3, -0.25) is 15.0 Å². The van der Waals surface area contributed by atoms with Gasteiger partial charge in [-0.1, -0.05) is 11.6 Å². The van der Waals surface area contributed by atoms with E-state index in [2.05, 4.69) is 30.0 Å². The number of aromatic amines is 1. The summed E-state index contributed by atoms with van der Waals surface area (Å²) in [5.74, 6) is 1.61. The van der Waals surface area contributed by atoms with Crippen LogP contribution in [0.4, 0.5) is 14.6 Å². The van der Waals surface area contributed by atoms with E-state index < -0.39 is 17.5 Å². The van der Waals surface area contributed by atoms with Crippen LogP contribution in [0.1, 0.15) is 61.7 Å². The number of oxazole rings is 1. The van der Waals surface area contributed by atoms with Gasteiger partial charge in [-0.05, 0) is 56.7 Å². The second-order valence-corrected chi connectivity index (χ2v) is 13.6. The summed E-state index contributed by atoms with van der Waals surface area (Å²) in [4.78, 5) is 23.2. The molecular formula is C33H33ClF2N8O2. The second-order valence-electron chi connectivity index (χ2n) is 13.2. The van der Waals surface area contributed by atoms with Gasteiger partial charge in [-0.25, -0.2) is 13.8 Å². The number of hydrogen-bond donors (Lipinski definition) is 1. The van der Waals surface area contributed by atoms with E-state index in [4.69, 9.17) is 30.7 Å². The summed E-state index contributed by atoms with van der Waals surface area (Å²) in [6.45, 7) is 2.86. The maximum Gasteiger partial charge on any atom is 0.319 e. The van der Waals surface area contributed by atoms with Gasteiger partial charge in [0.15, 0.2) is 11.7 Å². The molecule has 3 atom stereocenters. The number of anilines is 1. The molecule has 1 aromatic carbocycles. The van der Waals surface area contributed by atoms with Crippen molar-refractivity contribution in [3.8, 4) is 17.3 Å². The van der Waals surface area contributed by atoms with Crippen LogP contribution in [0, 0.1) is 5.82 Å². The number of nitrogens with zero attached hydrogens (tertiary/aromatic N) is 7. The SMILES string of the molecule is Fc1c2ncc3c(nc(OC[C@@]45CCCN4C[C@H](F)C5)nc13)N1CCCC(C1)c1cnc(o1)CCCc1c(Cl)cc3[nH]ncc3c1-2. The first-order valence-electron chi connectivity index (χ1n) is 16.2. The Morgan fingerprint density at radius 3 is 2.93 bits per heavy atom. The largest absolute Gasteiger partial charge is 0.461 e. The Morgan fingerprint density at radius 1 is 1.07 bits per heavy atom. The number of fused-ring (bicyclic) bond motifs is 5. The number of benzene rings is 1. The van der Waals surface area contributed by atoms with Crippen molar-refractivity contribution in [2.24, 2.45) is 0 Å². The quantitative estimate of drug-likeness (QED) is 0.246. The van der Waals surface area contributed by atoms with Crippen molar-refractivity contribution in [2.75, 3.05) is 37.7 Å². The summed E-state index contributed by atoms with van der Waals surface area (Å²) in [5.41, 5.74) is 1.92. The number of hydrogen-bond acceptors (Lipinski definition) is 9. The summed E-state index contributed by atoms with van der Waals surface area (Å²) < 4.78 is 44.2. The highest BCUT2D eigenvalue weighted by Gasteiger charge is 2.49. The Labute approximate surface area is 268 Å². The first-order chi connectivity index (χ1) is 22.5. The molecule has 1 N–H and O–H groups in total. The number of aromatic nitrogens is 6. The zero-order valence-corrected chi connectivity index (χ0v) is 26.0. The van der Waals surface area contributed by atoms with Crippen LogP contribution in [-0.4, -0.2) is 79.5 Å². The molecule has 5 aliphatic heterocycles. The van der Waals surface area contributed by atoms with Crippen LogP contribution in [0.3, 0.4) is 0 Å². The number of nitrogens with one attached hydrogen (secondary N) is 1. The van der Waals surface area contributed by atoms with Crippen molar-refractivity contribution in [3.05, 3.63) is 52.7 Å². The third-order valence-electron chi connectivity index (χ3n) is 10.4. The molecule has 4 aromatic heterocycles. The average Bonchev–Trinajstić information content (AvgIpc) is 3.85. The Balaban J connectivity index is 1.23. The number of H-pyrrole nitrogens is 1. The molecule has 0 radical (unpaired) electrons. The lowest BCUT2D eigenvalue weighted by molar-refractivity contribution is 0.107. The topological polar surface area (TPSA) is 109 Å². The minimum atomic E-state index is -0.886. The van der Waals surface area contributed by atoms with Crippen molar-refractivity contribution in [3.63, 3.8) is 0 Å². The number of piperidine rings is 1. The van der Waals surface area contributed by atoms with E-state index in [1.54, 1.807) is 12.4 Å². The number of halogens is 3. The van der Waals surface area contributed by atoms with Gasteiger partial charge in [0, 0.05) is 60.6 Å². The highest BCUT2D eigenvalue weighted by atomic mass is 35.5. The lowest BCUT2D eigenvalue weighted by Crippen LogP contribution is -2.43. The molecule has 3 saturated heterocycles. The lowest BCUT2D eigenvalue weighted by atomic mass is 9.94. The van der Waals surface area contributed by atoms with Crippen LogP contribution < -0.4 is 9.64 Å². The highest BCUT2D eigenvalue weighted by molar-refractivity contribution is 6.33. The molecule has 8 bridgehead atoms. The monoisotopic (exact) mass is 646 g/mol. The molecule has 9 heterocycles. The van der Waals surface area contributed by atoms with Gasteiger partial charge < -0.3 is 14.1 Å². The van der Waals surface area contributed by atoms with E-state index >= 15 is 4.39 Å². The van der Waals surface area contributed by atoms with Crippen molar-refractivity contribution in [2.45, 2.75) is 69.0 Å². The smallest absolute Gasteiger partial charge is 0.319 e. The van der Waals surface area contributed by atoms with Gasteiger partial charge in [0.1, 0.15) is 35.6 Å². The molecule has 5 aliphatic rings. The van der Waals surface area contributed by atoms with E-state index in [1.807, 2.05) is 12.3 Å². The van der Waals surface area contributed by atoms with Crippen LogP contribution in [0.5, 0.6) is 6.01 Å². The number of aryl methyl sites for hydroxylation is 1. The van der Waals surface area contributed by atoms with Crippen molar-refractivity contribution in [1.82, 2.24) is 35.0 Å². The molecule has 10 nitrogen and oxygen atoms in total. The lowest BCUT2D eigenvalue weighted by Gasteiger charge is -2.33. The van der Waals surface area contributed by atoms with Crippen LogP contribution in [0.2, 0.25) is 5.02 Å². The molecule has 0 saturated carbocycles. The van der Waals surface area contributed by atoms with Crippen LogP contribution >= 0.6 is 11.6 Å². The Bertz CT molecular complexity index is 1980. The van der Waals surface area contributed by atoms with Crippen molar-refractivity contribution in [1.29, 1.82) is 0 Å². The standard InChI is InChI=1S/C33H33ClF2N8O2/c34-23-10-24-21(13-39-42-24)27-20(23)5-1-6-26-37-14-25(46-26)18-4-2-8-43(15-18)31-22-12-38-30(27)28(36)29(22)40-32(41-31)45-17-33-7-3-9-44(33)16-19(35)11-33/h10,12-14,18-19H,1-9,11,15-17H2,(H,39,42)/t18?,19-,33+/m1/s1. The molecule has 46 heavy (non-hydrogen) atoms. The average molecular weight is 647 g/mol. The molecule has 1 unspecified atom stereocenters. The zero-order valence-electron chi connectivity index (χ0n) is 25.2. The maximum atomic E-state index is 17.0. The van der Waals surface area contributed by atoms with Gasteiger partial charge in [0.25, 0.3) is 0 Å². The van der Waals surface area contributed by atoms with E-state index in [0.717, 1.165) is 55.5 Å². The van der Waals surface area contributed by atoms with Gasteiger partial charge in [-0.15, -0.1) is 0 Å². The molecule has 0 amide bonds. The van der Waals surface area contributed by atoms with Crippen LogP contribution in [-0.2, 0) is 12.8 Å². The molecule has 5 aromatic rings. The van der Waals surface area contributed by atoms with Gasteiger partial charge in [0.05, 0.1) is 28.8 Å². The third-order valence-corrected chi connectivity index (χ3v) is 10.8. The second kappa shape index (κ2) is 10.8. The predicted molar refractivity (Wildman–Crippen MR) is 169 cm³/mol. The number of ether oxygens (including phenoxy) is 1. The van der Waals surface area contributed by atoms with Crippen molar-refractivity contribution < 1.29 is 17.9 Å². The fraction of sp³-hybridized carbons (Fsp3) is 0.485. The van der Waals surface area contributed by atoms with Crippen molar-refractivity contribution >= 4 is 39.2 Å². The summed E-state index contributed by atoms with van der Waals surface area (Å²) in [5, 5.41) is 8.91. The molecular weight excluding hydrogens is 614 g/mol. The Morgan fingerprint density at radius 2 is 2.00 bits per heavy atom. The van der Waals surface area contributed by atoms with E-state index in [0.29, 0.717) is 72.0 Å². The first kappa shape index (κ1) is 28.3. The molecule has 0 aliphatic carbocycles. The summed E-state index contributed by atoms with van der Waals surface area (Å²) in [6, 6.07) is 1.90. The Hall–Kier alpha value is -3.90. The van der Waals surface area contributed by atoms with E-state index in [9.17, 15) is 4.39 Å². The minimum Gasteiger partial charge on any atom is -0.461 e. The molecule has 3 fully saturated rings. The summed E-state index contributed by atoms with van der Waals surface area (Å²) in [6.07, 6.45) is 10.3. The fourth-order valence-electron chi connectivity index (χ4n) is 8.21. The molecule has 13 heteroatoms. The predicted octanol–water partition coefficient (Wildman–Crippen LogP) is 6.18. The van der Waals surface area contributed by atoms with Crippen LogP contribution in [0.25, 0.3) is 33.1 Å². The normalized spacial score (nSPS) is 24.7. The number of pyridine rings is 1. The Kier molecular flexibility index (Phi) is 6.67. The molecule has 238 valence electrons. The molecule has 10 rings (SSSR count). The van der Waals surface area contributed by atoms with E-state index in [-0.39, 0.29) is 29.7 Å². The van der Waals surface area contributed by atoms with Gasteiger partial charge >= 0.3 is 6.01 Å². The molecule has 0 spiro atoms. The van der Waals surface area contributed by atoms with Gasteiger partial charge in [-0.2, -0.15) is 15.1 Å². The maximum absolute atomic E-state index is 17.0. The minimum absolute atomic E-state index is 0.0760. The zero-order chi connectivity index (χ0) is 31.0. The van der Waals surface area contributed by atoms with E-state index in [1.165, 1.54) is 0 Å². The first-order valence-corrected chi connectivity index (χ1v) is 16.6. The summed E-state index contributed by atoms with van der Waals surface area (Å²) >= 11 is 6.86. The fourth-order valence-corrected chi connectivity index (χ4v) is 8.51. The third kappa shape index (κ3) is 4.55. The van der Waals surface area contributed by atoms with Crippen LogP contribution in [0.15, 0.2) is 29.1 Å². The summed E-state index contributed by atoms with van der Waals surface area (Å²) in [7, 11) is 0.